The minimum absolute atomic E-state index is 1.02. The zero-order valence-corrected chi connectivity index (χ0v) is 8.22. The highest BCUT2D eigenvalue weighted by molar-refractivity contribution is 6.15. The van der Waals surface area contributed by atoms with Crippen molar-refractivity contribution in [3.05, 3.63) is 35.1 Å². The van der Waals surface area contributed by atoms with Crippen molar-refractivity contribution in [1.29, 1.82) is 0 Å². The predicted octanol–water partition coefficient (Wildman–Crippen LogP) is 3.20. The molecular formula is C12H14N. The van der Waals surface area contributed by atoms with E-state index in [0.29, 0.717) is 0 Å². The van der Waals surface area contributed by atoms with Gasteiger partial charge in [0.25, 0.3) is 0 Å². The molecule has 2 rings (SSSR count). The van der Waals surface area contributed by atoms with Crippen LogP contribution < -0.4 is 0 Å². The topological polar surface area (TPSA) is 12.4 Å². The summed E-state index contributed by atoms with van der Waals surface area (Å²) in [4.78, 5) is 4.39. The summed E-state index contributed by atoms with van der Waals surface area (Å²) < 4.78 is 0. The van der Waals surface area contributed by atoms with Gasteiger partial charge in [-0.25, -0.2) is 0 Å². The molecule has 0 spiro atoms. The van der Waals surface area contributed by atoms with Crippen LogP contribution in [0.15, 0.2) is 34.0 Å². The van der Waals surface area contributed by atoms with Gasteiger partial charge in [-0.05, 0) is 31.4 Å². The second-order valence-corrected chi connectivity index (χ2v) is 3.54. The van der Waals surface area contributed by atoms with E-state index in [2.05, 4.69) is 30.1 Å². The van der Waals surface area contributed by atoms with Crippen LogP contribution in [0.5, 0.6) is 0 Å². The smallest absolute Gasteiger partial charge is 0.0715 e. The van der Waals surface area contributed by atoms with Crippen LogP contribution in [-0.2, 0) is 0 Å². The zero-order chi connectivity index (χ0) is 9.26. The molecule has 2 aliphatic rings. The first-order valence-electron chi connectivity index (χ1n) is 4.92. The molecule has 0 amide bonds. The van der Waals surface area contributed by atoms with Crippen LogP contribution in [0.4, 0.5) is 0 Å². The van der Waals surface area contributed by atoms with Crippen LogP contribution in [-0.4, -0.2) is 5.71 Å². The molecule has 1 aliphatic carbocycles. The number of aliphatic imine (C=N–C) groups is 1. The van der Waals surface area contributed by atoms with Gasteiger partial charge in [-0.3, -0.25) is 4.99 Å². The van der Waals surface area contributed by atoms with Gasteiger partial charge in [0.05, 0.1) is 5.71 Å². The number of nitrogens with zero attached hydrogens (tertiary/aromatic N) is 1. The van der Waals surface area contributed by atoms with Crippen LogP contribution in [0.25, 0.3) is 0 Å². The van der Waals surface area contributed by atoms with E-state index in [1.807, 2.05) is 6.92 Å². The van der Waals surface area contributed by atoms with Crippen molar-refractivity contribution in [3.63, 3.8) is 0 Å². The Hall–Kier alpha value is -1.11. The molecule has 1 heterocycles. The molecule has 1 aliphatic heterocycles. The first-order chi connectivity index (χ1) is 6.31. The average Bonchev–Trinajstić information content (AvgIpc) is 2.61. The minimum Gasteiger partial charge on any atom is -0.252 e. The Labute approximate surface area is 79.6 Å². The summed E-state index contributed by atoms with van der Waals surface area (Å²) in [6.07, 6.45) is 11.3. The molecule has 1 heteroatoms. The van der Waals surface area contributed by atoms with E-state index in [1.165, 1.54) is 30.4 Å². The maximum atomic E-state index is 4.39. The predicted molar refractivity (Wildman–Crippen MR) is 55.6 cm³/mol. The summed E-state index contributed by atoms with van der Waals surface area (Å²) in [5.74, 6) is 0. The standard InChI is InChI=1S/C12H14N/c1-3-4-5-10-6-7-12-11(10)8-9(2)13-12/h6-7H,3-5H2,1-2H3. The Bertz CT molecular complexity index is 340. The Morgan fingerprint density at radius 1 is 1.38 bits per heavy atom. The van der Waals surface area contributed by atoms with Gasteiger partial charge in [-0.2, -0.15) is 0 Å². The normalized spacial score (nSPS) is 19.2. The van der Waals surface area contributed by atoms with Gasteiger partial charge >= 0.3 is 0 Å². The third-order valence-corrected chi connectivity index (χ3v) is 2.41. The molecule has 1 nitrogen and oxygen atoms in total. The second kappa shape index (κ2) is 3.33. The molecule has 0 bridgehead atoms. The Balaban J connectivity index is 2.20. The number of hydrogen-bond donors (Lipinski definition) is 0. The fourth-order valence-electron chi connectivity index (χ4n) is 1.71. The molecule has 0 aromatic carbocycles. The zero-order valence-electron chi connectivity index (χ0n) is 8.22. The lowest BCUT2D eigenvalue weighted by Crippen LogP contribution is -1.89. The summed E-state index contributed by atoms with van der Waals surface area (Å²) >= 11 is 0. The summed E-state index contributed by atoms with van der Waals surface area (Å²) in [6.45, 7) is 4.22. The first kappa shape index (κ1) is 8.49. The van der Waals surface area contributed by atoms with Gasteiger partial charge in [0, 0.05) is 17.3 Å². The van der Waals surface area contributed by atoms with E-state index in [4.69, 9.17) is 0 Å². The van der Waals surface area contributed by atoms with Gasteiger partial charge in [0.2, 0.25) is 0 Å². The Morgan fingerprint density at radius 3 is 3.00 bits per heavy atom. The first-order valence-corrected chi connectivity index (χ1v) is 4.92. The Morgan fingerprint density at radius 2 is 2.23 bits per heavy atom. The van der Waals surface area contributed by atoms with Crippen molar-refractivity contribution in [2.75, 3.05) is 0 Å². The number of rotatable bonds is 3. The van der Waals surface area contributed by atoms with Crippen LogP contribution >= 0.6 is 0 Å². The molecule has 0 saturated heterocycles. The van der Waals surface area contributed by atoms with Gasteiger partial charge in [-0.15, -0.1) is 0 Å². The lowest BCUT2D eigenvalue weighted by molar-refractivity contribution is 0.797. The summed E-state index contributed by atoms with van der Waals surface area (Å²) in [5.41, 5.74) is 4.79. The molecule has 67 valence electrons. The van der Waals surface area contributed by atoms with E-state index in [1.54, 1.807) is 0 Å². The van der Waals surface area contributed by atoms with Gasteiger partial charge in [-0.1, -0.05) is 19.4 Å². The average molecular weight is 172 g/mol. The van der Waals surface area contributed by atoms with Crippen molar-refractivity contribution >= 4 is 5.71 Å². The van der Waals surface area contributed by atoms with Gasteiger partial charge < -0.3 is 0 Å². The van der Waals surface area contributed by atoms with Crippen molar-refractivity contribution in [2.45, 2.75) is 33.1 Å². The van der Waals surface area contributed by atoms with Crippen molar-refractivity contribution in [1.82, 2.24) is 0 Å². The monoisotopic (exact) mass is 172 g/mol. The number of fused-ring (bicyclic) bond motifs is 1. The van der Waals surface area contributed by atoms with E-state index in [-0.39, 0.29) is 0 Å². The number of unbranched alkanes of at least 4 members (excludes halogenated alkanes) is 1. The summed E-state index contributed by atoms with van der Waals surface area (Å²) in [5, 5.41) is 0. The minimum atomic E-state index is 1.02. The van der Waals surface area contributed by atoms with Crippen LogP contribution in [0.2, 0.25) is 0 Å². The molecule has 0 unspecified atom stereocenters. The highest BCUT2D eigenvalue weighted by Crippen LogP contribution is 2.27. The lowest BCUT2D eigenvalue weighted by atomic mass is 10.0. The van der Waals surface area contributed by atoms with Crippen LogP contribution in [0.3, 0.4) is 0 Å². The third kappa shape index (κ3) is 1.51. The van der Waals surface area contributed by atoms with Crippen molar-refractivity contribution < 1.29 is 0 Å². The molecule has 0 fully saturated rings. The van der Waals surface area contributed by atoms with Crippen LogP contribution in [0, 0.1) is 6.08 Å². The van der Waals surface area contributed by atoms with E-state index in [9.17, 15) is 0 Å². The number of allylic oxidation sites excluding steroid dienone is 6. The Kier molecular flexibility index (Phi) is 2.17. The van der Waals surface area contributed by atoms with Gasteiger partial charge in [0.15, 0.2) is 0 Å². The fraction of sp³-hybridized carbons (Fsp3) is 0.417. The fourth-order valence-corrected chi connectivity index (χ4v) is 1.71. The molecule has 1 radical (unpaired) electrons. The van der Waals surface area contributed by atoms with Crippen molar-refractivity contribution in [2.24, 2.45) is 4.99 Å². The van der Waals surface area contributed by atoms with E-state index < -0.39 is 0 Å². The quantitative estimate of drug-likeness (QED) is 0.620. The second-order valence-electron chi connectivity index (χ2n) is 3.54. The molecule has 13 heavy (non-hydrogen) atoms. The van der Waals surface area contributed by atoms with Crippen LogP contribution in [0.1, 0.15) is 33.1 Å². The third-order valence-electron chi connectivity index (χ3n) is 2.41. The maximum Gasteiger partial charge on any atom is 0.0715 e. The molecule has 0 atom stereocenters. The molecule has 0 aromatic rings. The maximum absolute atomic E-state index is 4.39. The van der Waals surface area contributed by atoms with E-state index in [0.717, 1.165) is 11.4 Å². The van der Waals surface area contributed by atoms with Gasteiger partial charge in [0.1, 0.15) is 0 Å². The highest BCUT2D eigenvalue weighted by atomic mass is 14.8. The summed E-state index contributed by atoms with van der Waals surface area (Å²) in [7, 11) is 0. The summed E-state index contributed by atoms with van der Waals surface area (Å²) in [6, 6.07) is 0. The highest BCUT2D eigenvalue weighted by Gasteiger charge is 2.18. The SMILES string of the molecule is CCCCC1=C2[C]=C(C)N=C2C=C1. The molecule has 0 saturated carbocycles. The largest absolute Gasteiger partial charge is 0.252 e. The molecular weight excluding hydrogens is 158 g/mol. The lowest BCUT2D eigenvalue weighted by Gasteiger charge is -1.98. The van der Waals surface area contributed by atoms with E-state index >= 15 is 0 Å². The molecule has 0 N–H and O–H groups in total. The van der Waals surface area contributed by atoms with Crippen molar-refractivity contribution in [3.8, 4) is 0 Å². The molecule has 0 aromatic heterocycles. The number of hydrogen-bond acceptors (Lipinski definition) is 1.